The first-order chi connectivity index (χ1) is 34.5. The van der Waals surface area contributed by atoms with Crippen molar-refractivity contribution in [3.63, 3.8) is 0 Å². The molecule has 6 fully saturated rings. The lowest BCUT2D eigenvalue weighted by Crippen LogP contribution is -2.67. The maximum absolute atomic E-state index is 13.3. The van der Waals surface area contributed by atoms with Crippen LogP contribution in [0.25, 0.3) is 11.3 Å². The SMILES string of the molecule is C#Cc1ccc(CNC=O)cc1.CC.CNc1nnc(-c2ccccc2O)cc1N1CCN(C2CCN(C3CCN(C4CC5(C4)CN(c4cc(C(C(=O)N6CCC(O)C6)C(C)C)on4)C5)CC3)CC2)CC1. The van der Waals surface area contributed by atoms with Gasteiger partial charge in [-0.1, -0.05) is 63.0 Å². The Morgan fingerprint density at radius 2 is 1.48 bits per heavy atom. The third-order valence-electron chi connectivity index (χ3n) is 15.8. The van der Waals surface area contributed by atoms with E-state index in [1.54, 1.807) is 11.0 Å². The molecule has 5 aliphatic heterocycles. The number of carbonyl (C=O) groups is 2. The van der Waals surface area contributed by atoms with Crippen molar-refractivity contribution in [2.24, 2.45) is 11.3 Å². The van der Waals surface area contributed by atoms with Gasteiger partial charge in [-0.3, -0.25) is 14.5 Å². The zero-order valence-corrected chi connectivity index (χ0v) is 42.7. The molecule has 16 nitrogen and oxygen atoms in total. The van der Waals surface area contributed by atoms with E-state index in [2.05, 4.69) is 76.3 Å². The van der Waals surface area contributed by atoms with Gasteiger partial charge in [0.25, 0.3) is 0 Å². The molecule has 1 aliphatic carbocycles. The summed E-state index contributed by atoms with van der Waals surface area (Å²) < 4.78 is 5.80. The number of aromatic hydroxyl groups is 1. The maximum Gasteiger partial charge on any atom is 0.233 e. The van der Waals surface area contributed by atoms with Crippen molar-refractivity contribution < 1.29 is 24.3 Å². The highest BCUT2D eigenvalue weighted by molar-refractivity contribution is 5.84. The molecule has 0 radical (unpaired) electrons. The number of nitrogens with zero attached hydrogens (tertiary/aromatic N) is 9. The molecule has 382 valence electrons. The van der Waals surface area contributed by atoms with Crippen LogP contribution in [0.4, 0.5) is 17.3 Å². The minimum atomic E-state index is -0.426. The van der Waals surface area contributed by atoms with E-state index < -0.39 is 6.10 Å². The number of nitrogens with one attached hydrogen (secondary N) is 2. The standard InChI is InChI=1S/C43H62N10O4.C10H9NO.C2H6/c1-29(2)40(42(56)52-17-12-33(54)26-52)38-23-39(47-57-38)53-27-43(28-53)24-32(25-43)49-15-10-30(11-16-49)48-13-8-31(9-14-48)50-18-20-51(21-19-50)36-22-35(45-46-41(36)44-3)34-6-4-5-7-37(34)55;1-2-9-3-5-10(6-4-9)7-11-8-12;1-2/h4-7,22-23,29-33,40,54-55H,8-21,24-28H2,1-3H3,(H,44,46);1,3-6,8H,7H2,(H,11,12);1-2H3. The number of amides is 2. The van der Waals surface area contributed by atoms with E-state index in [0.29, 0.717) is 73.0 Å². The number of benzene rings is 2. The summed E-state index contributed by atoms with van der Waals surface area (Å²) in [6, 6.07) is 20.9. The Hall–Kier alpha value is -5.73. The summed E-state index contributed by atoms with van der Waals surface area (Å²) in [6.45, 7) is 20.6. The molecule has 5 saturated heterocycles. The molecule has 2 aromatic carbocycles. The molecule has 1 spiro atoms. The fraction of sp³-hybridized carbons (Fsp3) is 0.582. The van der Waals surface area contributed by atoms with Gasteiger partial charge in [0.2, 0.25) is 12.3 Å². The molecule has 2 atom stereocenters. The van der Waals surface area contributed by atoms with Crippen molar-refractivity contribution in [3.8, 4) is 29.4 Å². The van der Waals surface area contributed by atoms with Gasteiger partial charge >= 0.3 is 0 Å². The number of aliphatic hydroxyl groups is 1. The van der Waals surface area contributed by atoms with E-state index in [1.807, 2.05) is 69.4 Å². The molecule has 16 heteroatoms. The minimum absolute atomic E-state index is 0.0379. The average molecular weight is 972 g/mol. The summed E-state index contributed by atoms with van der Waals surface area (Å²) >= 11 is 0. The number of rotatable bonds is 13. The monoisotopic (exact) mass is 972 g/mol. The number of aromatic nitrogens is 3. The van der Waals surface area contributed by atoms with Gasteiger partial charge in [0.15, 0.2) is 17.4 Å². The van der Waals surface area contributed by atoms with Gasteiger partial charge in [0, 0.05) is 107 Å². The predicted octanol–water partition coefficient (Wildman–Crippen LogP) is 5.87. The Morgan fingerprint density at radius 3 is 2.06 bits per heavy atom. The van der Waals surface area contributed by atoms with Crippen molar-refractivity contribution in [2.45, 2.75) is 109 Å². The van der Waals surface area contributed by atoms with E-state index >= 15 is 0 Å². The zero-order chi connectivity index (χ0) is 50.1. The van der Waals surface area contributed by atoms with E-state index in [-0.39, 0.29) is 23.5 Å². The minimum Gasteiger partial charge on any atom is -0.507 e. The molecular formula is C55H77N11O5. The number of carbonyl (C=O) groups excluding carboxylic acids is 2. The molecule has 2 unspecified atom stereocenters. The second kappa shape index (κ2) is 23.7. The molecule has 10 rings (SSSR count). The Morgan fingerprint density at radius 1 is 0.845 bits per heavy atom. The van der Waals surface area contributed by atoms with Crippen molar-refractivity contribution in [1.29, 1.82) is 0 Å². The van der Waals surface area contributed by atoms with Gasteiger partial charge in [-0.15, -0.1) is 16.6 Å². The van der Waals surface area contributed by atoms with Gasteiger partial charge in [0.1, 0.15) is 11.7 Å². The highest BCUT2D eigenvalue weighted by Crippen LogP contribution is 2.52. The van der Waals surface area contributed by atoms with E-state index in [1.165, 1.54) is 64.7 Å². The number of para-hydroxylation sites is 1. The number of likely N-dealkylation sites (tertiary alicyclic amines) is 3. The normalized spacial score (nSPS) is 21.5. The van der Waals surface area contributed by atoms with Crippen molar-refractivity contribution in [3.05, 3.63) is 77.6 Å². The van der Waals surface area contributed by atoms with Crippen LogP contribution >= 0.6 is 0 Å². The van der Waals surface area contributed by atoms with Crippen LogP contribution in [-0.4, -0.2) is 167 Å². The molecule has 4 aromatic rings. The largest absolute Gasteiger partial charge is 0.507 e. The molecular weight excluding hydrogens is 895 g/mol. The summed E-state index contributed by atoms with van der Waals surface area (Å²) in [5, 5.41) is 39.5. The number of β-amino-alcohol motifs (C(OH)–C–C–N with tert-alkyl or cyclic N) is 1. The summed E-state index contributed by atoms with van der Waals surface area (Å²) in [7, 11) is 1.89. The van der Waals surface area contributed by atoms with Crippen LogP contribution in [0.1, 0.15) is 95.4 Å². The molecule has 2 amide bonds. The molecule has 71 heavy (non-hydrogen) atoms. The number of terminal acetylenes is 1. The zero-order valence-electron chi connectivity index (χ0n) is 42.7. The maximum atomic E-state index is 13.3. The van der Waals surface area contributed by atoms with E-state index in [9.17, 15) is 19.8 Å². The highest BCUT2D eigenvalue weighted by Gasteiger charge is 2.55. The number of piperidine rings is 2. The number of phenols is 1. The van der Waals surface area contributed by atoms with E-state index in [0.717, 1.165) is 67.7 Å². The summed E-state index contributed by atoms with van der Waals surface area (Å²) in [5.41, 5.74) is 4.73. The topological polar surface area (TPSA) is 170 Å². The first kappa shape index (κ1) is 51.6. The van der Waals surface area contributed by atoms with Gasteiger partial charge in [-0.05, 0) is 113 Å². The lowest BCUT2D eigenvalue weighted by atomic mass is 9.60. The Bertz CT molecular complexity index is 2390. The predicted molar refractivity (Wildman–Crippen MR) is 279 cm³/mol. The quantitative estimate of drug-likeness (QED) is 0.0927. The Balaban J connectivity index is 0.000000421. The van der Waals surface area contributed by atoms with Crippen LogP contribution in [0.3, 0.4) is 0 Å². The number of hydrogen-bond donors (Lipinski definition) is 4. The highest BCUT2D eigenvalue weighted by atomic mass is 16.5. The number of hydrogen-bond acceptors (Lipinski definition) is 14. The van der Waals surface area contributed by atoms with Gasteiger partial charge in [-0.2, -0.15) is 0 Å². The second-order valence-corrected chi connectivity index (χ2v) is 20.6. The molecule has 2 aromatic heterocycles. The molecule has 1 saturated carbocycles. The Kier molecular flexibility index (Phi) is 17.2. The van der Waals surface area contributed by atoms with Gasteiger partial charge in [0.05, 0.1) is 17.5 Å². The third kappa shape index (κ3) is 12.0. The second-order valence-electron chi connectivity index (χ2n) is 20.6. The van der Waals surface area contributed by atoms with Crippen LogP contribution in [0.15, 0.2) is 65.2 Å². The summed E-state index contributed by atoms with van der Waals surface area (Å²) in [4.78, 5) is 38.1. The smallest absolute Gasteiger partial charge is 0.233 e. The van der Waals surface area contributed by atoms with Crippen LogP contribution in [0.2, 0.25) is 0 Å². The van der Waals surface area contributed by atoms with Crippen LogP contribution in [0.5, 0.6) is 5.75 Å². The fourth-order valence-electron chi connectivity index (χ4n) is 11.9. The van der Waals surface area contributed by atoms with Crippen LogP contribution in [-0.2, 0) is 16.1 Å². The third-order valence-corrected chi connectivity index (χ3v) is 15.8. The lowest BCUT2D eigenvalue weighted by Gasteiger charge is -2.61. The van der Waals surface area contributed by atoms with Crippen molar-refractivity contribution in [2.75, 3.05) is 101 Å². The average Bonchev–Trinajstić information content (AvgIpc) is 4.05. The van der Waals surface area contributed by atoms with Gasteiger partial charge in [-0.25, -0.2) is 0 Å². The summed E-state index contributed by atoms with van der Waals surface area (Å²) in [6.07, 6.45) is 13.7. The van der Waals surface area contributed by atoms with E-state index in [4.69, 9.17) is 10.9 Å². The molecule has 0 bridgehead atoms. The molecule has 6 aliphatic rings. The van der Waals surface area contributed by atoms with Gasteiger partial charge < -0.3 is 49.9 Å². The fourth-order valence-corrected chi connectivity index (χ4v) is 11.9. The number of aliphatic hydroxyl groups excluding tert-OH is 1. The molecule has 4 N–H and O–H groups in total. The van der Waals surface area contributed by atoms with Crippen LogP contribution < -0.4 is 20.4 Å². The first-order valence-corrected chi connectivity index (χ1v) is 26.3. The number of anilines is 3. The lowest BCUT2D eigenvalue weighted by molar-refractivity contribution is -0.133. The number of phenolic OH excluding ortho intramolecular Hbond substituents is 1. The first-order valence-electron chi connectivity index (χ1n) is 26.3. The molecule has 7 heterocycles. The number of piperazine rings is 1. The summed E-state index contributed by atoms with van der Waals surface area (Å²) in [5.74, 6) is 4.78. The van der Waals surface area contributed by atoms with Crippen LogP contribution in [0, 0.1) is 23.7 Å². The van der Waals surface area contributed by atoms with Crippen molar-refractivity contribution >= 4 is 29.6 Å². The Labute approximate surface area is 421 Å². The van der Waals surface area contributed by atoms with Crippen molar-refractivity contribution in [1.82, 2.24) is 40.3 Å².